The maximum atomic E-state index is 11.5. The van der Waals surface area contributed by atoms with Gasteiger partial charge in [-0.1, -0.05) is 29.8 Å². The highest BCUT2D eigenvalue weighted by Crippen LogP contribution is 2.26. The summed E-state index contributed by atoms with van der Waals surface area (Å²) in [5.74, 6) is 0.644. The zero-order chi connectivity index (χ0) is 17.4. The van der Waals surface area contributed by atoms with Gasteiger partial charge in [0, 0.05) is 25.2 Å². The molecule has 2 aromatic heterocycles. The van der Waals surface area contributed by atoms with Crippen LogP contribution >= 0.6 is 0 Å². The van der Waals surface area contributed by atoms with Crippen LogP contribution in [0.4, 0.5) is 5.82 Å². The number of carbonyl (C=O) groups excluding carboxylic acids is 1. The van der Waals surface area contributed by atoms with E-state index in [1.807, 2.05) is 4.68 Å². The van der Waals surface area contributed by atoms with Crippen molar-refractivity contribution in [1.82, 2.24) is 19.7 Å². The van der Waals surface area contributed by atoms with Gasteiger partial charge in [0.25, 0.3) is 0 Å². The van der Waals surface area contributed by atoms with E-state index in [-0.39, 0.29) is 5.78 Å². The minimum absolute atomic E-state index is 0.0745. The van der Waals surface area contributed by atoms with Gasteiger partial charge in [0.2, 0.25) is 0 Å². The molecule has 0 spiro atoms. The van der Waals surface area contributed by atoms with Crippen molar-refractivity contribution in [1.29, 1.82) is 0 Å². The number of carbonyl (C=O) groups is 1. The number of aromatic nitrogens is 4. The number of anilines is 1. The van der Waals surface area contributed by atoms with Crippen LogP contribution in [0.25, 0.3) is 0 Å². The summed E-state index contributed by atoms with van der Waals surface area (Å²) in [5.41, 5.74) is 5.15. The lowest BCUT2D eigenvalue weighted by atomic mass is 10.1. The summed E-state index contributed by atoms with van der Waals surface area (Å²) < 4.78 is 1.99. The molecule has 3 heterocycles. The molecular weight excluding hydrogens is 314 g/mol. The van der Waals surface area contributed by atoms with Gasteiger partial charge >= 0.3 is 0 Å². The highest BCUT2D eigenvalue weighted by molar-refractivity contribution is 5.92. The lowest BCUT2D eigenvalue weighted by Crippen LogP contribution is -2.18. The molecule has 0 unspecified atom stereocenters. The Balaban J connectivity index is 1.49. The average molecular weight is 333 g/mol. The van der Waals surface area contributed by atoms with Crippen molar-refractivity contribution >= 4 is 11.6 Å². The molecule has 0 aliphatic carbocycles. The average Bonchev–Trinajstić information content (AvgIpc) is 3.15. The van der Waals surface area contributed by atoms with E-state index in [1.165, 1.54) is 29.8 Å². The molecule has 25 heavy (non-hydrogen) atoms. The van der Waals surface area contributed by atoms with Crippen LogP contribution < -0.4 is 4.90 Å². The second-order valence-electron chi connectivity index (χ2n) is 6.46. The SMILES string of the molecule is CC(=O)c1cncc(N2Cc3cn(Cc4ccc(C)cc4)nc3C2)n1. The number of ketones is 1. The maximum Gasteiger partial charge on any atom is 0.179 e. The predicted octanol–water partition coefficient (Wildman–Crippen LogP) is 2.75. The largest absolute Gasteiger partial charge is 0.345 e. The van der Waals surface area contributed by atoms with Crippen molar-refractivity contribution in [2.45, 2.75) is 33.5 Å². The monoisotopic (exact) mass is 333 g/mol. The van der Waals surface area contributed by atoms with E-state index in [0.717, 1.165) is 24.6 Å². The molecule has 0 amide bonds. The summed E-state index contributed by atoms with van der Waals surface area (Å²) >= 11 is 0. The van der Waals surface area contributed by atoms with Crippen LogP contribution in [0, 0.1) is 6.92 Å². The quantitative estimate of drug-likeness (QED) is 0.687. The van der Waals surface area contributed by atoms with Gasteiger partial charge in [-0.2, -0.15) is 5.10 Å². The molecule has 4 rings (SSSR count). The fourth-order valence-electron chi connectivity index (χ4n) is 3.01. The lowest BCUT2D eigenvalue weighted by molar-refractivity contribution is 0.101. The van der Waals surface area contributed by atoms with Gasteiger partial charge in [0.15, 0.2) is 5.78 Å². The molecule has 0 bridgehead atoms. The molecule has 0 saturated heterocycles. The van der Waals surface area contributed by atoms with E-state index in [4.69, 9.17) is 5.10 Å². The van der Waals surface area contributed by atoms with Crippen molar-refractivity contribution in [2.24, 2.45) is 0 Å². The minimum Gasteiger partial charge on any atom is -0.345 e. The standard InChI is InChI=1S/C19H19N5O/c1-13-3-5-15(6-4-13)9-24-11-16-10-23(12-18(16)22-24)19-8-20-7-17(21-19)14(2)25/h3-8,11H,9-10,12H2,1-2H3. The van der Waals surface area contributed by atoms with Crippen LogP contribution in [0.3, 0.4) is 0 Å². The fourth-order valence-corrected chi connectivity index (χ4v) is 3.01. The van der Waals surface area contributed by atoms with Gasteiger partial charge in [-0.15, -0.1) is 0 Å². The molecule has 6 nitrogen and oxygen atoms in total. The number of hydrogen-bond acceptors (Lipinski definition) is 5. The van der Waals surface area contributed by atoms with E-state index in [1.54, 1.807) is 6.20 Å². The van der Waals surface area contributed by atoms with Crippen LogP contribution in [-0.2, 0) is 19.6 Å². The Morgan fingerprint density at radius 2 is 1.96 bits per heavy atom. The van der Waals surface area contributed by atoms with E-state index >= 15 is 0 Å². The first-order valence-electron chi connectivity index (χ1n) is 8.27. The minimum atomic E-state index is -0.0745. The third-order valence-corrected chi connectivity index (χ3v) is 4.40. The maximum absolute atomic E-state index is 11.5. The van der Waals surface area contributed by atoms with E-state index < -0.39 is 0 Å². The van der Waals surface area contributed by atoms with E-state index in [0.29, 0.717) is 12.2 Å². The Morgan fingerprint density at radius 3 is 2.68 bits per heavy atom. The summed E-state index contributed by atoms with van der Waals surface area (Å²) in [4.78, 5) is 22.1. The van der Waals surface area contributed by atoms with Gasteiger partial charge in [-0.25, -0.2) is 4.98 Å². The summed E-state index contributed by atoms with van der Waals surface area (Å²) in [6, 6.07) is 8.51. The number of fused-ring (bicyclic) bond motifs is 1. The first-order valence-corrected chi connectivity index (χ1v) is 8.27. The molecular formula is C19H19N5O. The molecule has 1 aromatic carbocycles. The molecule has 0 saturated carbocycles. The fraction of sp³-hybridized carbons (Fsp3) is 0.263. The van der Waals surface area contributed by atoms with E-state index in [9.17, 15) is 4.79 Å². The lowest BCUT2D eigenvalue weighted by Gasteiger charge is -2.16. The van der Waals surface area contributed by atoms with Gasteiger partial charge < -0.3 is 4.90 Å². The van der Waals surface area contributed by atoms with Crippen molar-refractivity contribution < 1.29 is 4.79 Å². The molecule has 0 N–H and O–H groups in total. The first-order chi connectivity index (χ1) is 12.1. The molecule has 0 radical (unpaired) electrons. The molecule has 1 aliphatic heterocycles. The topological polar surface area (TPSA) is 63.9 Å². The van der Waals surface area contributed by atoms with Crippen LogP contribution in [0.2, 0.25) is 0 Å². The van der Waals surface area contributed by atoms with Gasteiger partial charge in [-0.3, -0.25) is 14.5 Å². The number of benzene rings is 1. The van der Waals surface area contributed by atoms with Crippen molar-refractivity contribution in [3.63, 3.8) is 0 Å². The summed E-state index contributed by atoms with van der Waals surface area (Å²) in [5, 5.41) is 4.70. The third-order valence-electron chi connectivity index (χ3n) is 4.40. The van der Waals surface area contributed by atoms with E-state index in [2.05, 4.69) is 52.3 Å². The number of nitrogens with zero attached hydrogens (tertiary/aromatic N) is 5. The normalized spacial score (nSPS) is 13.1. The van der Waals surface area contributed by atoms with Crippen LogP contribution in [0.1, 0.15) is 39.8 Å². The first kappa shape index (κ1) is 15.5. The molecule has 3 aromatic rings. The van der Waals surface area contributed by atoms with Gasteiger partial charge in [0.05, 0.1) is 31.2 Å². The Kier molecular flexibility index (Phi) is 3.80. The Bertz CT molecular complexity index is 906. The Hall–Kier alpha value is -3.02. The second kappa shape index (κ2) is 6.12. The summed E-state index contributed by atoms with van der Waals surface area (Å²) in [7, 11) is 0. The number of rotatable bonds is 4. The zero-order valence-electron chi connectivity index (χ0n) is 14.3. The molecule has 0 fully saturated rings. The van der Waals surface area contributed by atoms with Crippen LogP contribution in [-0.4, -0.2) is 25.5 Å². The highest BCUT2D eigenvalue weighted by atomic mass is 16.1. The van der Waals surface area contributed by atoms with Crippen LogP contribution in [0.15, 0.2) is 42.9 Å². The molecule has 0 atom stereocenters. The highest BCUT2D eigenvalue weighted by Gasteiger charge is 2.24. The van der Waals surface area contributed by atoms with Gasteiger partial charge in [-0.05, 0) is 12.5 Å². The number of hydrogen-bond donors (Lipinski definition) is 0. The molecule has 1 aliphatic rings. The number of aryl methyl sites for hydroxylation is 1. The molecule has 6 heteroatoms. The summed E-state index contributed by atoms with van der Waals surface area (Å²) in [6.07, 6.45) is 5.29. The Labute approximate surface area is 146 Å². The Morgan fingerprint density at radius 1 is 1.16 bits per heavy atom. The molecule has 126 valence electrons. The zero-order valence-corrected chi connectivity index (χ0v) is 14.3. The predicted molar refractivity (Wildman–Crippen MR) is 94.4 cm³/mol. The van der Waals surface area contributed by atoms with Crippen molar-refractivity contribution in [3.05, 3.63) is 70.9 Å². The smallest absolute Gasteiger partial charge is 0.179 e. The van der Waals surface area contributed by atoms with Gasteiger partial charge in [0.1, 0.15) is 11.5 Å². The second-order valence-corrected chi connectivity index (χ2v) is 6.46. The van der Waals surface area contributed by atoms with Crippen LogP contribution in [0.5, 0.6) is 0 Å². The third kappa shape index (κ3) is 3.15. The number of Topliss-reactive ketones (excluding diaryl/α,β-unsaturated/α-hetero) is 1. The van der Waals surface area contributed by atoms with Crippen molar-refractivity contribution in [2.75, 3.05) is 4.90 Å². The van der Waals surface area contributed by atoms with Crippen molar-refractivity contribution in [3.8, 4) is 0 Å². The summed E-state index contributed by atoms with van der Waals surface area (Å²) in [6.45, 7) is 5.78.